The molecule has 0 aliphatic heterocycles. The summed E-state index contributed by atoms with van der Waals surface area (Å²) in [7, 11) is 0. The summed E-state index contributed by atoms with van der Waals surface area (Å²) in [5.41, 5.74) is 0.711. The van der Waals surface area contributed by atoms with Crippen LogP contribution in [0.2, 0.25) is 0 Å². The van der Waals surface area contributed by atoms with Crippen LogP contribution in [-0.2, 0) is 4.79 Å². The third-order valence-electron chi connectivity index (χ3n) is 4.28. The standard InChI is InChI=1S/C21H24N4O5S/c1-3-22-19(26)14-6-4-8-16(12-14)23-21(28)18(10-11-31-2)24-20(27)15-7-5-9-17(13-15)25(29)30/h4-9,12-13,18H,3,10-11H2,1-2H3,(H,22,26)(H,23,28)(H,24,27). The van der Waals surface area contributed by atoms with Gasteiger partial charge in [0.05, 0.1) is 4.92 Å². The van der Waals surface area contributed by atoms with Crippen LogP contribution in [-0.4, -0.2) is 47.2 Å². The van der Waals surface area contributed by atoms with Crippen LogP contribution in [0, 0.1) is 10.1 Å². The molecule has 0 fully saturated rings. The summed E-state index contributed by atoms with van der Waals surface area (Å²) in [5, 5.41) is 19.0. The summed E-state index contributed by atoms with van der Waals surface area (Å²) in [5.74, 6) is -0.662. The van der Waals surface area contributed by atoms with E-state index in [1.165, 1.54) is 30.0 Å². The normalized spacial score (nSPS) is 11.3. The van der Waals surface area contributed by atoms with Gasteiger partial charge in [0, 0.05) is 35.5 Å². The van der Waals surface area contributed by atoms with Crippen molar-refractivity contribution in [3.05, 3.63) is 69.8 Å². The molecule has 31 heavy (non-hydrogen) atoms. The fourth-order valence-corrected chi connectivity index (χ4v) is 3.21. The predicted octanol–water partition coefficient (Wildman–Crippen LogP) is 2.83. The number of nitrogens with one attached hydrogen (secondary N) is 3. The van der Waals surface area contributed by atoms with Crippen molar-refractivity contribution < 1.29 is 19.3 Å². The molecule has 0 aliphatic carbocycles. The van der Waals surface area contributed by atoms with Crippen molar-refractivity contribution in [2.24, 2.45) is 0 Å². The Morgan fingerprint density at radius 3 is 2.39 bits per heavy atom. The fourth-order valence-electron chi connectivity index (χ4n) is 2.74. The van der Waals surface area contributed by atoms with Crippen molar-refractivity contribution in [1.82, 2.24) is 10.6 Å². The van der Waals surface area contributed by atoms with Gasteiger partial charge in [0.2, 0.25) is 5.91 Å². The first-order valence-corrected chi connectivity index (χ1v) is 11.0. The average Bonchev–Trinajstić information content (AvgIpc) is 2.76. The molecular weight excluding hydrogens is 420 g/mol. The number of carbonyl (C=O) groups excluding carboxylic acids is 3. The first-order chi connectivity index (χ1) is 14.8. The van der Waals surface area contributed by atoms with Crippen LogP contribution in [0.15, 0.2) is 48.5 Å². The van der Waals surface area contributed by atoms with E-state index in [2.05, 4.69) is 16.0 Å². The van der Waals surface area contributed by atoms with E-state index in [4.69, 9.17) is 0 Å². The number of nitro groups is 1. The van der Waals surface area contributed by atoms with Gasteiger partial charge in [0.15, 0.2) is 0 Å². The van der Waals surface area contributed by atoms with Gasteiger partial charge >= 0.3 is 0 Å². The van der Waals surface area contributed by atoms with Gasteiger partial charge in [0.25, 0.3) is 17.5 Å². The fraction of sp³-hybridized carbons (Fsp3) is 0.286. The molecule has 0 heterocycles. The molecule has 0 aromatic heterocycles. The molecule has 3 N–H and O–H groups in total. The highest BCUT2D eigenvalue weighted by atomic mass is 32.2. The number of nitro benzene ring substituents is 1. The molecule has 2 aromatic carbocycles. The highest BCUT2D eigenvalue weighted by Crippen LogP contribution is 2.15. The third-order valence-corrected chi connectivity index (χ3v) is 4.93. The van der Waals surface area contributed by atoms with Crippen molar-refractivity contribution in [2.75, 3.05) is 23.9 Å². The SMILES string of the molecule is CCNC(=O)c1cccc(NC(=O)C(CCSC)NC(=O)c2cccc([N+](=O)[O-])c2)c1. The van der Waals surface area contributed by atoms with Crippen molar-refractivity contribution >= 4 is 40.9 Å². The van der Waals surface area contributed by atoms with Crippen LogP contribution in [0.5, 0.6) is 0 Å². The molecule has 3 amide bonds. The number of hydrogen-bond donors (Lipinski definition) is 3. The number of hydrogen-bond acceptors (Lipinski definition) is 6. The Bertz CT molecular complexity index is 966. The summed E-state index contributed by atoms with van der Waals surface area (Å²) in [6.45, 7) is 2.29. The molecule has 0 saturated carbocycles. The van der Waals surface area contributed by atoms with E-state index < -0.39 is 22.8 Å². The van der Waals surface area contributed by atoms with Crippen LogP contribution >= 0.6 is 11.8 Å². The number of rotatable bonds is 10. The smallest absolute Gasteiger partial charge is 0.270 e. The minimum atomic E-state index is -0.854. The van der Waals surface area contributed by atoms with Gasteiger partial charge in [-0.1, -0.05) is 12.1 Å². The Labute approximate surface area is 184 Å². The lowest BCUT2D eigenvalue weighted by atomic mass is 10.1. The lowest BCUT2D eigenvalue weighted by molar-refractivity contribution is -0.384. The molecule has 2 rings (SSSR count). The molecule has 9 nitrogen and oxygen atoms in total. The molecule has 1 atom stereocenters. The quantitative estimate of drug-likeness (QED) is 0.382. The molecule has 2 aromatic rings. The molecule has 0 bridgehead atoms. The number of benzene rings is 2. The number of nitrogens with zero attached hydrogens (tertiary/aromatic N) is 1. The van der Waals surface area contributed by atoms with E-state index >= 15 is 0 Å². The number of anilines is 1. The zero-order valence-corrected chi connectivity index (χ0v) is 18.0. The van der Waals surface area contributed by atoms with E-state index in [1.807, 2.05) is 13.2 Å². The first kappa shape index (κ1) is 23.9. The Morgan fingerprint density at radius 2 is 1.74 bits per heavy atom. The van der Waals surface area contributed by atoms with E-state index in [0.29, 0.717) is 30.0 Å². The highest BCUT2D eigenvalue weighted by Gasteiger charge is 2.22. The summed E-state index contributed by atoms with van der Waals surface area (Å²) in [6.07, 6.45) is 2.25. The van der Waals surface area contributed by atoms with Crippen LogP contribution in [0.3, 0.4) is 0 Å². The Morgan fingerprint density at radius 1 is 1.06 bits per heavy atom. The molecule has 164 valence electrons. The van der Waals surface area contributed by atoms with Gasteiger partial charge in [-0.2, -0.15) is 11.8 Å². The molecule has 0 radical (unpaired) electrons. The number of non-ortho nitro benzene ring substituents is 1. The number of amides is 3. The topological polar surface area (TPSA) is 130 Å². The minimum Gasteiger partial charge on any atom is -0.352 e. The second-order valence-electron chi connectivity index (χ2n) is 6.54. The highest BCUT2D eigenvalue weighted by molar-refractivity contribution is 7.98. The second kappa shape index (κ2) is 11.7. The van der Waals surface area contributed by atoms with E-state index in [9.17, 15) is 24.5 Å². The van der Waals surface area contributed by atoms with Gasteiger partial charge < -0.3 is 16.0 Å². The minimum absolute atomic E-state index is 0.0920. The van der Waals surface area contributed by atoms with Gasteiger partial charge in [0.1, 0.15) is 6.04 Å². The van der Waals surface area contributed by atoms with Gasteiger partial charge in [-0.25, -0.2) is 0 Å². The van der Waals surface area contributed by atoms with E-state index in [0.717, 1.165) is 6.07 Å². The lowest BCUT2D eigenvalue weighted by Crippen LogP contribution is -2.44. The van der Waals surface area contributed by atoms with Crippen molar-refractivity contribution in [2.45, 2.75) is 19.4 Å². The van der Waals surface area contributed by atoms with Crippen LogP contribution < -0.4 is 16.0 Å². The first-order valence-electron chi connectivity index (χ1n) is 9.59. The zero-order chi connectivity index (χ0) is 22.8. The summed E-state index contributed by atoms with van der Waals surface area (Å²) in [6, 6.07) is 10.9. The zero-order valence-electron chi connectivity index (χ0n) is 17.2. The van der Waals surface area contributed by atoms with Crippen molar-refractivity contribution in [1.29, 1.82) is 0 Å². The lowest BCUT2D eigenvalue weighted by Gasteiger charge is -2.18. The Kier molecular flexibility index (Phi) is 9.01. The maximum Gasteiger partial charge on any atom is 0.270 e. The van der Waals surface area contributed by atoms with E-state index in [-0.39, 0.29) is 17.2 Å². The van der Waals surface area contributed by atoms with Crippen LogP contribution in [0.25, 0.3) is 0 Å². The van der Waals surface area contributed by atoms with Gasteiger partial charge in [-0.15, -0.1) is 0 Å². The summed E-state index contributed by atoms with van der Waals surface area (Å²) >= 11 is 1.52. The Hall–Kier alpha value is -3.40. The number of thioether (sulfide) groups is 1. The molecule has 0 aliphatic rings. The van der Waals surface area contributed by atoms with Crippen molar-refractivity contribution in [3.8, 4) is 0 Å². The van der Waals surface area contributed by atoms with Gasteiger partial charge in [-0.05, 0) is 49.6 Å². The van der Waals surface area contributed by atoms with E-state index in [1.54, 1.807) is 24.3 Å². The summed E-state index contributed by atoms with van der Waals surface area (Å²) in [4.78, 5) is 47.8. The van der Waals surface area contributed by atoms with Crippen molar-refractivity contribution in [3.63, 3.8) is 0 Å². The van der Waals surface area contributed by atoms with Gasteiger partial charge in [-0.3, -0.25) is 24.5 Å². The maximum atomic E-state index is 12.8. The number of carbonyl (C=O) groups is 3. The molecule has 0 spiro atoms. The predicted molar refractivity (Wildman–Crippen MR) is 120 cm³/mol. The molecule has 10 heteroatoms. The monoisotopic (exact) mass is 444 g/mol. The third kappa shape index (κ3) is 7.10. The van der Waals surface area contributed by atoms with Crippen LogP contribution in [0.4, 0.5) is 11.4 Å². The molecule has 1 unspecified atom stereocenters. The maximum absolute atomic E-state index is 12.8. The largest absolute Gasteiger partial charge is 0.352 e. The average molecular weight is 445 g/mol. The molecular formula is C21H24N4O5S. The summed E-state index contributed by atoms with van der Waals surface area (Å²) < 4.78 is 0. The molecule has 0 saturated heterocycles. The van der Waals surface area contributed by atoms with Crippen LogP contribution in [0.1, 0.15) is 34.1 Å². The Balaban J connectivity index is 2.14. The second-order valence-corrected chi connectivity index (χ2v) is 7.53.